The molecule has 0 aliphatic rings. The van der Waals surface area contributed by atoms with E-state index in [-0.39, 0.29) is 22.5 Å². The van der Waals surface area contributed by atoms with E-state index < -0.39 is 13.1 Å². The number of ether oxygens (including phenoxy) is 2. The summed E-state index contributed by atoms with van der Waals surface area (Å²) in [6.45, 7) is 14.6. The van der Waals surface area contributed by atoms with Crippen molar-refractivity contribution in [1.29, 1.82) is 0 Å². The lowest BCUT2D eigenvalue weighted by Crippen LogP contribution is -2.44. The van der Waals surface area contributed by atoms with Crippen LogP contribution >= 0.6 is 15.9 Å². The number of rotatable bonds is 10. The van der Waals surface area contributed by atoms with Gasteiger partial charge in [-0.2, -0.15) is 0 Å². The second kappa shape index (κ2) is 10.9. The fourth-order valence-electron chi connectivity index (χ4n) is 2.76. The van der Waals surface area contributed by atoms with Crippen LogP contribution in [0.4, 0.5) is 0 Å². The summed E-state index contributed by atoms with van der Waals surface area (Å²) in [4.78, 5) is 24.8. The molecular weight excluding hydrogens is 500 g/mol. The molecule has 0 amide bonds. The minimum atomic E-state index is -2.25. The molecule has 0 heterocycles. The molecular formula is C26H35BrO5Si. The molecule has 5 nitrogen and oxygen atoms in total. The van der Waals surface area contributed by atoms with Crippen molar-refractivity contribution in [2.45, 2.75) is 64.2 Å². The van der Waals surface area contributed by atoms with Gasteiger partial charge >= 0.3 is 0 Å². The Bertz CT molecular complexity index is 977. The molecule has 0 spiro atoms. The molecule has 0 saturated heterocycles. The van der Waals surface area contributed by atoms with Gasteiger partial charge in [0.2, 0.25) is 0 Å². The van der Waals surface area contributed by atoms with Crippen molar-refractivity contribution in [3.63, 3.8) is 0 Å². The highest BCUT2D eigenvalue weighted by Gasteiger charge is 2.40. The van der Waals surface area contributed by atoms with Crippen molar-refractivity contribution in [3.05, 3.63) is 53.6 Å². The number of hydrogen-bond donors (Lipinski definition) is 0. The quantitative estimate of drug-likeness (QED) is 0.144. The molecule has 0 N–H and O–H groups in total. The van der Waals surface area contributed by atoms with Crippen LogP contribution in [0.3, 0.4) is 0 Å². The van der Waals surface area contributed by atoms with Crippen molar-refractivity contribution in [3.8, 4) is 17.2 Å². The lowest BCUT2D eigenvalue weighted by molar-refractivity contribution is -0.120. The highest BCUT2D eigenvalue weighted by atomic mass is 79.9. The number of ketones is 2. The lowest BCUT2D eigenvalue weighted by atomic mass is 9.99. The lowest BCUT2D eigenvalue weighted by Gasteiger charge is -2.37. The second-order valence-corrected chi connectivity index (χ2v) is 15.6. The predicted octanol–water partition coefficient (Wildman–Crippen LogP) is 6.83. The summed E-state index contributed by atoms with van der Waals surface area (Å²) in [7, 11) is -0.620. The largest absolute Gasteiger partial charge is 0.543 e. The van der Waals surface area contributed by atoms with Gasteiger partial charge in [-0.15, -0.1) is 0 Å². The molecule has 0 fully saturated rings. The molecule has 0 bridgehead atoms. The topological polar surface area (TPSA) is 61.8 Å². The molecule has 33 heavy (non-hydrogen) atoms. The third kappa shape index (κ3) is 6.93. The summed E-state index contributed by atoms with van der Waals surface area (Å²) < 4.78 is 17.7. The van der Waals surface area contributed by atoms with Gasteiger partial charge in [0.15, 0.2) is 11.6 Å². The van der Waals surface area contributed by atoms with Gasteiger partial charge in [-0.3, -0.25) is 9.59 Å². The number of carbonyl (C=O) groups excluding carboxylic acids is 2. The summed E-state index contributed by atoms with van der Waals surface area (Å²) in [6.07, 6.45) is 0. The van der Waals surface area contributed by atoms with Gasteiger partial charge in [0, 0.05) is 12.0 Å². The van der Waals surface area contributed by atoms with Gasteiger partial charge in [-0.1, -0.05) is 62.7 Å². The van der Waals surface area contributed by atoms with E-state index in [0.29, 0.717) is 23.7 Å². The Morgan fingerprint density at radius 2 is 1.58 bits per heavy atom. The number of hydrogen-bond acceptors (Lipinski definition) is 5. The number of benzene rings is 2. The molecule has 0 saturated carbocycles. The van der Waals surface area contributed by atoms with Gasteiger partial charge in [-0.25, -0.2) is 0 Å². The van der Waals surface area contributed by atoms with E-state index in [9.17, 15) is 9.59 Å². The number of Topliss-reactive ketones (excluding diaryl/α,β-unsaturated/α-hetero) is 2. The van der Waals surface area contributed by atoms with E-state index >= 15 is 0 Å². The van der Waals surface area contributed by atoms with E-state index in [1.54, 1.807) is 39.2 Å². The average Bonchev–Trinajstić information content (AvgIpc) is 2.75. The fraction of sp³-hybridized carbons (Fsp3) is 0.462. The molecule has 0 aliphatic heterocycles. The van der Waals surface area contributed by atoms with Crippen LogP contribution in [-0.4, -0.2) is 31.8 Å². The van der Waals surface area contributed by atoms with Crippen LogP contribution < -0.4 is 13.9 Å². The first-order valence-electron chi connectivity index (χ1n) is 11.1. The Kier molecular flexibility index (Phi) is 8.93. The van der Waals surface area contributed by atoms with Crippen LogP contribution in [0.5, 0.6) is 17.2 Å². The molecule has 7 heteroatoms. The van der Waals surface area contributed by atoms with Crippen LogP contribution in [0.25, 0.3) is 0 Å². The molecule has 0 aliphatic carbocycles. The summed E-state index contributed by atoms with van der Waals surface area (Å²) >= 11 is 3.31. The maximum absolute atomic E-state index is 13.2. The van der Waals surface area contributed by atoms with Gasteiger partial charge < -0.3 is 13.9 Å². The van der Waals surface area contributed by atoms with Gasteiger partial charge in [-0.05, 0) is 48.0 Å². The molecule has 1 unspecified atom stereocenters. The molecule has 0 aromatic heterocycles. The zero-order valence-corrected chi connectivity index (χ0v) is 23.4. The van der Waals surface area contributed by atoms with Crippen molar-refractivity contribution < 1.29 is 23.5 Å². The normalized spacial score (nSPS) is 12.9. The zero-order valence-electron chi connectivity index (χ0n) is 20.8. The second-order valence-electron chi connectivity index (χ2n) is 9.94. The van der Waals surface area contributed by atoms with E-state index in [4.69, 9.17) is 13.9 Å². The minimum Gasteiger partial charge on any atom is -0.543 e. The Morgan fingerprint density at radius 1 is 1.00 bits per heavy atom. The number of halogens is 1. The van der Waals surface area contributed by atoms with Crippen molar-refractivity contribution in [1.82, 2.24) is 0 Å². The SMILES string of the molecule is COc1ccc(COc2ccc(C(=O)C(Br)C(=O)C(C)C)c(O[Si](C)(C)C(C)(C)C)c2)cc1. The van der Waals surface area contributed by atoms with E-state index in [1.165, 1.54) is 0 Å². The molecule has 0 radical (unpaired) electrons. The van der Waals surface area contributed by atoms with E-state index in [1.807, 2.05) is 24.3 Å². The summed E-state index contributed by atoms with van der Waals surface area (Å²) in [5, 5.41) is -0.0607. The van der Waals surface area contributed by atoms with Crippen molar-refractivity contribution in [2.75, 3.05) is 7.11 Å². The minimum absolute atomic E-state index is 0.0607. The van der Waals surface area contributed by atoms with Gasteiger partial charge in [0.25, 0.3) is 8.32 Å². The van der Waals surface area contributed by atoms with Crippen LogP contribution in [0.2, 0.25) is 18.1 Å². The van der Waals surface area contributed by atoms with Crippen molar-refractivity contribution >= 4 is 35.8 Å². The molecule has 180 valence electrons. The predicted molar refractivity (Wildman–Crippen MR) is 138 cm³/mol. The first-order chi connectivity index (χ1) is 15.3. The van der Waals surface area contributed by atoms with Crippen molar-refractivity contribution in [2.24, 2.45) is 5.92 Å². The summed E-state index contributed by atoms with van der Waals surface area (Å²) in [6, 6.07) is 12.8. The Balaban J connectivity index is 2.36. The average molecular weight is 536 g/mol. The Labute approximate surface area is 207 Å². The Morgan fingerprint density at radius 3 is 2.09 bits per heavy atom. The van der Waals surface area contributed by atoms with E-state index in [2.05, 4.69) is 49.8 Å². The molecule has 2 aromatic carbocycles. The first-order valence-corrected chi connectivity index (χ1v) is 14.9. The first kappa shape index (κ1) is 27.1. The number of methoxy groups -OCH3 is 1. The molecule has 1 atom stereocenters. The standard InChI is InChI=1S/C26H35BrO5Si/c1-17(2)24(28)23(27)25(29)21-14-13-20(15-22(21)32-33(7,8)26(3,4)5)31-16-18-9-11-19(30-6)12-10-18/h9-15,17,23H,16H2,1-8H3. The molecule has 2 aromatic rings. The van der Waals surface area contributed by atoms with Gasteiger partial charge in [0.05, 0.1) is 12.7 Å². The van der Waals surface area contributed by atoms with Crippen LogP contribution in [0.15, 0.2) is 42.5 Å². The maximum atomic E-state index is 13.2. The number of carbonyl (C=O) groups is 2. The van der Waals surface area contributed by atoms with Crippen LogP contribution in [0.1, 0.15) is 50.5 Å². The fourth-order valence-corrected chi connectivity index (χ4v) is 4.56. The van der Waals surface area contributed by atoms with Crippen LogP contribution in [0, 0.1) is 5.92 Å². The third-order valence-electron chi connectivity index (χ3n) is 6.00. The summed E-state index contributed by atoms with van der Waals surface area (Å²) in [5.74, 6) is 1.13. The maximum Gasteiger partial charge on any atom is 0.250 e. The highest BCUT2D eigenvalue weighted by Crippen LogP contribution is 2.39. The summed E-state index contributed by atoms with van der Waals surface area (Å²) in [5.41, 5.74) is 1.37. The van der Waals surface area contributed by atoms with Crippen LogP contribution in [-0.2, 0) is 11.4 Å². The smallest absolute Gasteiger partial charge is 0.250 e. The van der Waals surface area contributed by atoms with E-state index in [0.717, 1.165) is 11.3 Å². The zero-order chi connectivity index (χ0) is 25.0. The third-order valence-corrected chi connectivity index (χ3v) is 11.2. The van der Waals surface area contributed by atoms with Gasteiger partial charge in [0.1, 0.15) is 28.7 Å². The monoisotopic (exact) mass is 534 g/mol. The Hall–Kier alpha value is -2.12. The number of alkyl halides is 1. The molecule has 2 rings (SSSR count). The highest BCUT2D eigenvalue weighted by molar-refractivity contribution is 9.10.